The Morgan fingerprint density at radius 3 is 1.37 bits per heavy atom. The Balaban J connectivity index is 1.30. The molecular weight excluding hydrogens is 908 g/mol. The van der Waals surface area contributed by atoms with Gasteiger partial charge in [0.15, 0.2) is 0 Å². The molecule has 0 radical (unpaired) electrons. The molecule has 4 nitrogen and oxygen atoms in total. The zero-order chi connectivity index (χ0) is 52.6. The predicted octanol–water partition coefficient (Wildman–Crippen LogP) is 17.7. The number of anilines is 3. The van der Waals surface area contributed by atoms with E-state index in [9.17, 15) is 0 Å². The van der Waals surface area contributed by atoms with E-state index in [0.29, 0.717) is 0 Å². The molecule has 0 unspecified atom stereocenters. The van der Waals surface area contributed by atoms with Gasteiger partial charge in [-0.2, -0.15) is 0 Å². The monoisotopic (exact) mass is 979 g/mol. The van der Waals surface area contributed by atoms with Crippen LogP contribution in [0, 0.1) is 0 Å². The lowest BCUT2D eigenvalue weighted by molar-refractivity contribution is 0.590. The number of hydrogen-bond acceptors (Lipinski definition) is 1. The first-order valence-electron chi connectivity index (χ1n) is 27.4. The maximum atomic E-state index is 2.80. The Labute approximate surface area is 444 Å². The Kier molecular flexibility index (Phi) is 9.92. The second-order valence-corrected chi connectivity index (χ2v) is 27.2. The summed E-state index contributed by atoms with van der Waals surface area (Å²) in [5, 5.41) is 6.45. The van der Waals surface area contributed by atoms with Crippen molar-refractivity contribution in [1.29, 1.82) is 0 Å². The first-order valence-corrected chi connectivity index (χ1v) is 27.4. The normalized spacial score (nSPS) is 14.0. The summed E-state index contributed by atoms with van der Waals surface area (Å²) in [5.41, 5.74) is 23.8. The fourth-order valence-electron chi connectivity index (χ4n) is 12.7. The Bertz CT molecular complexity index is 4160. The lowest BCUT2D eigenvalue weighted by atomic mass is 9.46. The van der Waals surface area contributed by atoms with Gasteiger partial charge in [-0.05, 0) is 151 Å². The molecule has 374 valence electrons. The van der Waals surface area contributed by atoms with Gasteiger partial charge in [-0.25, -0.2) is 0 Å². The van der Waals surface area contributed by atoms with Crippen LogP contribution in [0.3, 0.4) is 0 Å². The predicted molar refractivity (Wildman–Crippen MR) is 325 cm³/mol. The second kappa shape index (κ2) is 15.7. The van der Waals surface area contributed by atoms with Gasteiger partial charge in [-0.15, -0.1) is 0 Å². The lowest BCUT2D eigenvalue weighted by Crippen LogP contribution is -2.58. The van der Waals surface area contributed by atoms with Crippen molar-refractivity contribution in [3.63, 3.8) is 0 Å². The van der Waals surface area contributed by atoms with Crippen molar-refractivity contribution in [2.45, 2.75) is 131 Å². The Morgan fingerprint density at radius 1 is 0.347 bits per heavy atom. The minimum Gasteiger partial charge on any atom is -0.374 e. The number of para-hydroxylation sites is 2. The fraction of sp³-hybridized carbons (Fsp3) is 0.286. The van der Waals surface area contributed by atoms with Crippen LogP contribution in [-0.2, 0) is 27.1 Å². The van der Waals surface area contributed by atoms with E-state index in [1.54, 1.807) is 0 Å². The molecule has 0 saturated heterocycles. The molecule has 0 N–H and O–H groups in total. The number of rotatable bonds is 3. The maximum Gasteiger partial charge on any atom is 0.351 e. The lowest BCUT2D eigenvalue weighted by Gasteiger charge is -2.41. The van der Waals surface area contributed by atoms with Crippen molar-refractivity contribution in [2.75, 3.05) is 4.90 Å². The molecule has 2 aliphatic heterocycles. The molecule has 8 aromatic carbocycles. The average molecular weight is 979 g/mol. The molecule has 11 aromatic rings. The molecule has 75 heavy (non-hydrogen) atoms. The quantitative estimate of drug-likeness (QED) is 0.161. The van der Waals surface area contributed by atoms with Crippen LogP contribution in [0.4, 0.5) is 17.1 Å². The summed E-state index contributed by atoms with van der Waals surface area (Å²) in [4.78, 5) is 2.67. The van der Waals surface area contributed by atoms with Gasteiger partial charge in [0, 0.05) is 71.9 Å². The number of hydrogen-bond donors (Lipinski definition) is 0. The third-order valence-corrected chi connectivity index (χ3v) is 17.0. The fourth-order valence-corrected chi connectivity index (χ4v) is 12.7. The third-order valence-electron chi connectivity index (χ3n) is 17.0. The van der Waals surface area contributed by atoms with Gasteiger partial charge in [0.2, 0.25) is 0 Å². The van der Waals surface area contributed by atoms with Crippen molar-refractivity contribution < 1.29 is 0 Å². The van der Waals surface area contributed by atoms with Gasteiger partial charge in [0.05, 0.1) is 22.2 Å². The van der Waals surface area contributed by atoms with E-state index in [2.05, 4.69) is 280 Å². The SMILES string of the molecule is CC(C)(C)c1ccc(N2c3cc(C(C)(C)C)cc4c3B(c3c2c2cc(C(C)(C)C)ccc2n3-c2ccccc2)n2c3ccc(C(C)(C)C)cc3c3c2c-4cc2c4cc(C(C)(C)C)ccc4n(-c4ccccc4)c23)cc1. The molecule has 5 heterocycles. The van der Waals surface area contributed by atoms with E-state index in [1.165, 1.54) is 127 Å². The van der Waals surface area contributed by atoms with Crippen LogP contribution >= 0.6 is 0 Å². The van der Waals surface area contributed by atoms with E-state index in [1.807, 2.05) is 0 Å². The first kappa shape index (κ1) is 47.5. The summed E-state index contributed by atoms with van der Waals surface area (Å²) in [7, 11) is 0. The van der Waals surface area contributed by atoms with Crippen molar-refractivity contribution in [1.82, 2.24) is 13.6 Å². The molecule has 0 atom stereocenters. The minimum absolute atomic E-state index is 0.00692. The van der Waals surface area contributed by atoms with E-state index >= 15 is 0 Å². The number of fused-ring (bicyclic) bond motifs is 13. The smallest absolute Gasteiger partial charge is 0.351 e. The van der Waals surface area contributed by atoms with Crippen LogP contribution in [0.1, 0.15) is 132 Å². The van der Waals surface area contributed by atoms with Crippen LogP contribution in [0.25, 0.3) is 77.0 Å². The Hall–Kier alpha value is -7.24. The molecule has 0 bridgehead atoms. The van der Waals surface area contributed by atoms with Gasteiger partial charge in [0.25, 0.3) is 0 Å². The zero-order valence-electron chi connectivity index (χ0n) is 46.9. The van der Waals surface area contributed by atoms with Gasteiger partial charge in [0.1, 0.15) is 0 Å². The summed E-state index contributed by atoms with van der Waals surface area (Å²) in [6, 6.07) is 61.6. The standard InChI is InChI=1S/C70H71BN4/c1-66(2,3)42-26-31-49(32-27-42)73-59-40-46(70(13,14)15)39-51-53-41-52-50-36-43(67(4,5)6)28-33-56(50)72(47-22-18-16-19-23-47)62(52)60-54-37-44(68(7,8)9)30-35-58(54)75(63(53)60)71(61(51)59)65-64(73)55-38-45(69(10,11)12)29-34-57(55)74(65)48-24-20-17-21-25-48/h16-41H,1-15H3. The molecule has 0 amide bonds. The molecule has 0 saturated carbocycles. The zero-order valence-corrected chi connectivity index (χ0v) is 46.9. The summed E-state index contributed by atoms with van der Waals surface area (Å²) in [5.74, 6) is 0. The van der Waals surface area contributed by atoms with E-state index in [-0.39, 0.29) is 33.9 Å². The summed E-state index contributed by atoms with van der Waals surface area (Å²) in [6.07, 6.45) is 0. The van der Waals surface area contributed by atoms with Gasteiger partial charge >= 0.3 is 6.85 Å². The van der Waals surface area contributed by atoms with E-state index in [4.69, 9.17) is 0 Å². The molecule has 13 rings (SSSR count). The molecule has 0 aliphatic carbocycles. The van der Waals surface area contributed by atoms with Gasteiger partial charge in [-0.3, -0.25) is 0 Å². The highest BCUT2D eigenvalue weighted by molar-refractivity contribution is 6.90. The first-order chi connectivity index (χ1) is 35.4. The largest absolute Gasteiger partial charge is 0.374 e. The highest BCUT2D eigenvalue weighted by Gasteiger charge is 2.48. The van der Waals surface area contributed by atoms with Gasteiger partial charge in [-0.1, -0.05) is 177 Å². The van der Waals surface area contributed by atoms with E-state index < -0.39 is 0 Å². The van der Waals surface area contributed by atoms with Crippen molar-refractivity contribution in [3.05, 3.63) is 186 Å². The average Bonchev–Trinajstić information content (AvgIpc) is 4.00. The highest BCUT2D eigenvalue weighted by atomic mass is 15.2. The summed E-state index contributed by atoms with van der Waals surface area (Å²) in [6.45, 7) is 35.1. The van der Waals surface area contributed by atoms with Crippen molar-refractivity contribution in [3.8, 4) is 22.5 Å². The van der Waals surface area contributed by atoms with Crippen molar-refractivity contribution >= 4 is 89.5 Å². The molecule has 0 spiro atoms. The summed E-state index contributed by atoms with van der Waals surface area (Å²) >= 11 is 0. The minimum atomic E-state index is -0.192. The molecule has 2 aliphatic rings. The number of nitrogens with zero attached hydrogens (tertiary/aromatic N) is 4. The van der Waals surface area contributed by atoms with Crippen LogP contribution in [0.15, 0.2) is 158 Å². The highest BCUT2D eigenvalue weighted by Crippen LogP contribution is 2.53. The van der Waals surface area contributed by atoms with Crippen LogP contribution in [-0.4, -0.2) is 20.5 Å². The number of benzene rings is 8. The van der Waals surface area contributed by atoms with Crippen molar-refractivity contribution in [2.24, 2.45) is 0 Å². The topological polar surface area (TPSA) is 18.0 Å². The molecular formula is C70H71BN4. The maximum absolute atomic E-state index is 2.80. The molecule has 0 fully saturated rings. The Morgan fingerprint density at radius 2 is 0.827 bits per heavy atom. The van der Waals surface area contributed by atoms with E-state index in [0.717, 1.165) is 5.69 Å². The van der Waals surface area contributed by atoms with Gasteiger partial charge < -0.3 is 18.5 Å². The second-order valence-electron chi connectivity index (χ2n) is 27.2. The van der Waals surface area contributed by atoms with Crippen LogP contribution in [0.5, 0.6) is 0 Å². The number of aromatic nitrogens is 3. The molecule has 3 aromatic heterocycles. The third kappa shape index (κ3) is 7.02. The summed E-state index contributed by atoms with van der Waals surface area (Å²) < 4.78 is 8.01. The molecule has 5 heteroatoms. The van der Waals surface area contributed by atoms with Crippen LogP contribution < -0.4 is 16.0 Å². The van der Waals surface area contributed by atoms with Crippen LogP contribution in [0.2, 0.25) is 0 Å².